The molecule has 0 aliphatic carbocycles. The van der Waals surface area contributed by atoms with Crippen molar-refractivity contribution in [3.8, 4) is 5.75 Å². The Bertz CT molecular complexity index is 612. The number of aromatic hydroxyl groups is 1. The van der Waals surface area contributed by atoms with Crippen LogP contribution in [0, 0.1) is 0 Å². The van der Waals surface area contributed by atoms with Crippen molar-refractivity contribution in [2.45, 2.75) is 25.8 Å². The molecule has 3 rings (SSSR count). The molecule has 0 spiro atoms. The van der Waals surface area contributed by atoms with Crippen molar-refractivity contribution in [2.24, 2.45) is 0 Å². The maximum Gasteiger partial charge on any atom is 0.134 e. The molecule has 104 valence electrons. The van der Waals surface area contributed by atoms with Crippen molar-refractivity contribution in [1.29, 1.82) is 0 Å². The summed E-state index contributed by atoms with van der Waals surface area (Å²) in [6.45, 7) is 1.80. The number of nitrogens with zero attached hydrogens (tertiary/aromatic N) is 1. The van der Waals surface area contributed by atoms with Crippen LogP contribution in [0.3, 0.4) is 0 Å². The van der Waals surface area contributed by atoms with Gasteiger partial charge in [-0.2, -0.15) is 0 Å². The second-order valence-corrected chi connectivity index (χ2v) is 6.11. The van der Waals surface area contributed by atoms with Gasteiger partial charge in [-0.05, 0) is 52.9 Å². The number of hydrogen-bond acceptors (Lipinski definition) is 2. The van der Waals surface area contributed by atoms with Crippen molar-refractivity contribution < 1.29 is 5.11 Å². The zero-order valence-electron chi connectivity index (χ0n) is 11.3. The molecular formula is C17H18BrNO. The molecule has 1 aliphatic rings. The normalized spacial score (nSPS) is 14.8. The van der Waals surface area contributed by atoms with Crippen LogP contribution in [0.5, 0.6) is 5.75 Å². The van der Waals surface area contributed by atoms with Gasteiger partial charge in [0, 0.05) is 24.3 Å². The number of phenolic OH excluding ortho intramolecular Hbond substituents is 1. The number of rotatable bonds is 2. The Balaban J connectivity index is 1.92. The molecule has 0 bridgehead atoms. The van der Waals surface area contributed by atoms with Gasteiger partial charge in [0.25, 0.3) is 0 Å². The Labute approximate surface area is 128 Å². The molecule has 1 aliphatic heterocycles. The fraction of sp³-hybridized carbons (Fsp3) is 0.294. The van der Waals surface area contributed by atoms with Crippen molar-refractivity contribution >= 4 is 21.6 Å². The molecule has 3 heteroatoms. The summed E-state index contributed by atoms with van der Waals surface area (Å²) < 4.78 is 0.762. The molecule has 0 amide bonds. The van der Waals surface area contributed by atoms with Gasteiger partial charge in [0.15, 0.2) is 0 Å². The van der Waals surface area contributed by atoms with Gasteiger partial charge < -0.3 is 10.0 Å². The van der Waals surface area contributed by atoms with E-state index < -0.39 is 0 Å². The Kier molecular flexibility index (Phi) is 3.97. The summed E-state index contributed by atoms with van der Waals surface area (Å²) in [7, 11) is 0. The average Bonchev–Trinajstić information content (AvgIpc) is 2.67. The van der Waals surface area contributed by atoms with Gasteiger partial charge in [-0.25, -0.2) is 0 Å². The van der Waals surface area contributed by atoms with Gasteiger partial charge >= 0.3 is 0 Å². The van der Waals surface area contributed by atoms with Crippen LogP contribution in [0.4, 0.5) is 5.69 Å². The lowest BCUT2D eigenvalue weighted by Crippen LogP contribution is -2.23. The standard InChI is InChI=1S/C17H18BrNO/c18-15-9-5-8-14(17(15)20)12-19-11-4-3-7-13-6-1-2-10-16(13)19/h1-2,5-6,8-10,20H,3-4,7,11-12H2. The predicted octanol–water partition coefficient (Wildman–Crippen LogP) is 4.50. The van der Waals surface area contributed by atoms with Crippen LogP contribution in [0.15, 0.2) is 46.9 Å². The molecule has 20 heavy (non-hydrogen) atoms. The molecular weight excluding hydrogens is 314 g/mol. The summed E-state index contributed by atoms with van der Waals surface area (Å²) >= 11 is 3.39. The second-order valence-electron chi connectivity index (χ2n) is 5.25. The third-order valence-electron chi connectivity index (χ3n) is 3.89. The summed E-state index contributed by atoms with van der Waals surface area (Å²) in [5.74, 6) is 0.356. The molecule has 0 fully saturated rings. The Morgan fingerprint density at radius 1 is 1.05 bits per heavy atom. The van der Waals surface area contributed by atoms with E-state index in [2.05, 4.69) is 45.1 Å². The topological polar surface area (TPSA) is 23.5 Å². The lowest BCUT2D eigenvalue weighted by atomic mass is 10.1. The zero-order valence-corrected chi connectivity index (χ0v) is 12.9. The highest BCUT2D eigenvalue weighted by atomic mass is 79.9. The SMILES string of the molecule is Oc1c(Br)cccc1CN1CCCCc2ccccc21. The van der Waals surface area contributed by atoms with E-state index >= 15 is 0 Å². The first-order chi connectivity index (χ1) is 9.75. The lowest BCUT2D eigenvalue weighted by molar-refractivity contribution is 0.463. The quantitative estimate of drug-likeness (QED) is 0.875. The Hall–Kier alpha value is -1.48. The number of para-hydroxylation sites is 2. The number of anilines is 1. The van der Waals surface area contributed by atoms with E-state index in [1.54, 1.807) is 0 Å². The number of halogens is 1. The van der Waals surface area contributed by atoms with Gasteiger partial charge in [-0.1, -0.05) is 30.3 Å². The molecule has 2 nitrogen and oxygen atoms in total. The Morgan fingerprint density at radius 3 is 2.80 bits per heavy atom. The van der Waals surface area contributed by atoms with Crippen molar-refractivity contribution in [3.63, 3.8) is 0 Å². The van der Waals surface area contributed by atoms with Crippen molar-refractivity contribution in [1.82, 2.24) is 0 Å². The first kappa shape index (κ1) is 13.5. The lowest BCUT2D eigenvalue weighted by Gasteiger charge is -2.25. The minimum Gasteiger partial charge on any atom is -0.506 e. The van der Waals surface area contributed by atoms with Crippen LogP contribution in [0.25, 0.3) is 0 Å². The van der Waals surface area contributed by atoms with Gasteiger partial charge in [-0.3, -0.25) is 0 Å². The van der Waals surface area contributed by atoms with Crippen LogP contribution in [0.1, 0.15) is 24.0 Å². The van der Waals surface area contributed by atoms with Crippen LogP contribution in [-0.4, -0.2) is 11.7 Å². The van der Waals surface area contributed by atoms with E-state index in [9.17, 15) is 5.11 Å². The highest BCUT2D eigenvalue weighted by Crippen LogP contribution is 2.32. The van der Waals surface area contributed by atoms with Crippen LogP contribution in [-0.2, 0) is 13.0 Å². The van der Waals surface area contributed by atoms with E-state index in [1.807, 2.05) is 18.2 Å². The monoisotopic (exact) mass is 331 g/mol. The average molecular weight is 332 g/mol. The van der Waals surface area contributed by atoms with E-state index in [4.69, 9.17) is 0 Å². The Morgan fingerprint density at radius 2 is 1.90 bits per heavy atom. The third-order valence-corrected chi connectivity index (χ3v) is 4.53. The second kappa shape index (κ2) is 5.88. The molecule has 0 unspecified atom stereocenters. The zero-order chi connectivity index (χ0) is 13.9. The smallest absolute Gasteiger partial charge is 0.134 e. The number of fused-ring (bicyclic) bond motifs is 1. The van der Waals surface area contributed by atoms with E-state index in [0.29, 0.717) is 5.75 Å². The molecule has 0 saturated heterocycles. The van der Waals surface area contributed by atoms with Crippen LogP contribution >= 0.6 is 15.9 Å². The van der Waals surface area contributed by atoms with E-state index in [-0.39, 0.29) is 0 Å². The first-order valence-corrected chi connectivity index (χ1v) is 7.84. The van der Waals surface area contributed by atoms with Gasteiger partial charge in [0.2, 0.25) is 0 Å². The predicted molar refractivity (Wildman–Crippen MR) is 86.2 cm³/mol. The van der Waals surface area contributed by atoms with Crippen LogP contribution < -0.4 is 4.90 Å². The molecule has 2 aromatic rings. The maximum atomic E-state index is 10.2. The summed E-state index contributed by atoms with van der Waals surface area (Å²) in [4.78, 5) is 2.38. The number of phenols is 1. The van der Waals surface area contributed by atoms with Crippen molar-refractivity contribution in [2.75, 3.05) is 11.4 Å². The summed E-state index contributed by atoms with van der Waals surface area (Å²) in [6.07, 6.45) is 3.58. The fourth-order valence-corrected chi connectivity index (χ4v) is 3.23. The highest BCUT2D eigenvalue weighted by molar-refractivity contribution is 9.10. The maximum absolute atomic E-state index is 10.2. The summed E-state index contributed by atoms with van der Waals surface area (Å²) in [5, 5.41) is 10.2. The number of hydrogen-bond donors (Lipinski definition) is 1. The summed E-state index contributed by atoms with van der Waals surface area (Å²) in [6, 6.07) is 14.5. The first-order valence-electron chi connectivity index (χ1n) is 7.05. The van der Waals surface area contributed by atoms with Crippen LogP contribution in [0.2, 0.25) is 0 Å². The minimum absolute atomic E-state index is 0.356. The molecule has 1 heterocycles. The molecule has 0 atom stereocenters. The molecule has 1 N–H and O–H groups in total. The molecule has 0 aromatic heterocycles. The van der Waals surface area contributed by atoms with Gasteiger partial charge in [0.1, 0.15) is 5.75 Å². The van der Waals surface area contributed by atoms with Gasteiger partial charge in [0.05, 0.1) is 4.47 Å². The highest BCUT2D eigenvalue weighted by Gasteiger charge is 2.16. The minimum atomic E-state index is 0.356. The molecule has 2 aromatic carbocycles. The summed E-state index contributed by atoms with van der Waals surface area (Å²) in [5.41, 5.74) is 3.69. The molecule has 0 radical (unpaired) electrons. The van der Waals surface area contributed by atoms with Crippen molar-refractivity contribution in [3.05, 3.63) is 58.1 Å². The van der Waals surface area contributed by atoms with E-state index in [0.717, 1.165) is 29.5 Å². The van der Waals surface area contributed by atoms with Gasteiger partial charge in [-0.15, -0.1) is 0 Å². The number of aryl methyl sites for hydroxylation is 1. The van der Waals surface area contributed by atoms with E-state index in [1.165, 1.54) is 24.1 Å². The third kappa shape index (κ3) is 2.68. The number of benzene rings is 2. The largest absolute Gasteiger partial charge is 0.506 e. The fourth-order valence-electron chi connectivity index (χ4n) is 2.83. The molecule has 0 saturated carbocycles.